The summed E-state index contributed by atoms with van der Waals surface area (Å²) >= 11 is 5.98. The molecule has 3 rings (SSSR count). The number of hydrogen-bond donors (Lipinski definition) is 1. The molecule has 0 unspecified atom stereocenters. The SMILES string of the molecule is Oc1ccc(F)c(Oc2ccccc2)c1-c1cccc(Cl)c1. The van der Waals surface area contributed by atoms with Crippen LogP contribution in [-0.2, 0) is 0 Å². The Hall–Kier alpha value is -2.52. The zero-order chi connectivity index (χ0) is 15.5. The van der Waals surface area contributed by atoms with Gasteiger partial charge in [0, 0.05) is 5.02 Å². The van der Waals surface area contributed by atoms with Crippen LogP contribution in [0.4, 0.5) is 4.39 Å². The first-order chi connectivity index (χ1) is 10.6. The number of phenolic OH excluding ortho intramolecular Hbond substituents is 1. The molecule has 0 fully saturated rings. The smallest absolute Gasteiger partial charge is 0.174 e. The molecule has 0 radical (unpaired) electrons. The van der Waals surface area contributed by atoms with E-state index in [9.17, 15) is 9.50 Å². The largest absolute Gasteiger partial charge is 0.507 e. The minimum Gasteiger partial charge on any atom is -0.507 e. The Kier molecular flexibility index (Phi) is 3.98. The maximum Gasteiger partial charge on any atom is 0.174 e. The van der Waals surface area contributed by atoms with Crippen LogP contribution in [0.5, 0.6) is 17.2 Å². The van der Waals surface area contributed by atoms with Crippen LogP contribution in [0.2, 0.25) is 5.02 Å². The maximum absolute atomic E-state index is 14.2. The Labute approximate surface area is 132 Å². The van der Waals surface area contributed by atoms with Crippen molar-refractivity contribution in [2.45, 2.75) is 0 Å². The lowest BCUT2D eigenvalue weighted by Crippen LogP contribution is -1.93. The second kappa shape index (κ2) is 6.08. The molecule has 0 atom stereocenters. The Morgan fingerprint density at radius 3 is 2.41 bits per heavy atom. The van der Waals surface area contributed by atoms with Gasteiger partial charge in [-0.25, -0.2) is 4.39 Å². The topological polar surface area (TPSA) is 29.5 Å². The fraction of sp³-hybridized carbons (Fsp3) is 0. The fourth-order valence-electron chi connectivity index (χ4n) is 2.18. The summed E-state index contributed by atoms with van der Waals surface area (Å²) in [5.74, 6) is -0.185. The summed E-state index contributed by atoms with van der Waals surface area (Å²) in [7, 11) is 0. The predicted octanol–water partition coefficient (Wildman–Crippen LogP) is 5.64. The first-order valence-electron chi connectivity index (χ1n) is 6.65. The number of rotatable bonds is 3. The van der Waals surface area contributed by atoms with Gasteiger partial charge in [-0.1, -0.05) is 41.9 Å². The molecule has 0 spiro atoms. The van der Waals surface area contributed by atoms with Crippen LogP contribution in [0, 0.1) is 5.82 Å². The van der Waals surface area contributed by atoms with Gasteiger partial charge in [-0.2, -0.15) is 0 Å². The van der Waals surface area contributed by atoms with E-state index in [2.05, 4.69) is 0 Å². The van der Waals surface area contributed by atoms with Crippen molar-refractivity contribution in [3.8, 4) is 28.4 Å². The van der Waals surface area contributed by atoms with Gasteiger partial charge in [-0.3, -0.25) is 0 Å². The Balaban J connectivity index is 2.15. The number of halogens is 2. The van der Waals surface area contributed by atoms with Crippen molar-refractivity contribution in [2.75, 3.05) is 0 Å². The lowest BCUT2D eigenvalue weighted by Gasteiger charge is -2.14. The summed E-state index contributed by atoms with van der Waals surface area (Å²) in [6.45, 7) is 0. The van der Waals surface area contributed by atoms with E-state index in [0.29, 0.717) is 16.3 Å². The van der Waals surface area contributed by atoms with Crippen molar-refractivity contribution in [1.82, 2.24) is 0 Å². The quantitative estimate of drug-likeness (QED) is 0.677. The second-order valence-electron chi connectivity index (χ2n) is 4.70. The highest BCUT2D eigenvalue weighted by Gasteiger charge is 2.17. The molecule has 3 aromatic rings. The highest BCUT2D eigenvalue weighted by atomic mass is 35.5. The molecule has 4 heteroatoms. The van der Waals surface area contributed by atoms with E-state index in [1.54, 1.807) is 48.5 Å². The molecular formula is C18H12ClFO2. The van der Waals surface area contributed by atoms with E-state index in [-0.39, 0.29) is 17.1 Å². The van der Waals surface area contributed by atoms with Crippen LogP contribution in [0.25, 0.3) is 11.1 Å². The first kappa shape index (κ1) is 14.4. The van der Waals surface area contributed by atoms with Gasteiger partial charge in [-0.05, 0) is 42.0 Å². The van der Waals surface area contributed by atoms with Crippen LogP contribution in [0.1, 0.15) is 0 Å². The van der Waals surface area contributed by atoms with Gasteiger partial charge in [-0.15, -0.1) is 0 Å². The number of hydrogen-bond acceptors (Lipinski definition) is 2. The lowest BCUT2D eigenvalue weighted by atomic mass is 10.0. The number of para-hydroxylation sites is 1. The fourth-order valence-corrected chi connectivity index (χ4v) is 2.37. The molecule has 1 N–H and O–H groups in total. The van der Waals surface area contributed by atoms with Crippen molar-refractivity contribution >= 4 is 11.6 Å². The van der Waals surface area contributed by atoms with Gasteiger partial charge in [0.1, 0.15) is 11.5 Å². The number of ether oxygens (including phenoxy) is 1. The van der Waals surface area contributed by atoms with Crippen LogP contribution in [0.3, 0.4) is 0 Å². The Morgan fingerprint density at radius 2 is 1.68 bits per heavy atom. The molecule has 0 saturated carbocycles. The molecule has 0 aliphatic carbocycles. The van der Waals surface area contributed by atoms with Gasteiger partial charge >= 0.3 is 0 Å². The molecule has 110 valence electrons. The van der Waals surface area contributed by atoms with Gasteiger partial charge in [0.05, 0.1) is 5.56 Å². The number of benzene rings is 3. The maximum atomic E-state index is 14.2. The summed E-state index contributed by atoms with van der Waals surface area (Å²) in [6.07, 6.45) is 0. The van der Waals surface area contributed by atoms with Crippen molar-refractivity contribution in [2.24, 2.45) is 0 Å². The van der Waals surface area contributed by atoms with E-state index in [4.69, 9.17) is 16.3 Å². The molecule has 2 nitrogen and oxygen atoms in total. The van der Waals surface area contributed by atoms with Crippen LogP contribution < -0.4 is 4.74 Å². The number of aromatic hydroxyl groups is 1. The van der Waals surface area contributed by atoms with Crippen molar-refractivity contribution in [3.05, 3.63) is 77.6 Å². The normalized spacial score (nSPS) is 10.5. The minimum atomic E-state index is -0.559. The van der Waals surface area contributed by atoms with Crippen molar-refractivity contribution in [1.29, 1.82) is 0 Å². The highest BCUT2D eigenvalue weighted by molar-refractivity contribution is 6.30. The van der Waals surface area contributed by atoms with E-state index in [1.807, 2.05) is 6.07 Å². The van der Waals surface area contributed by atoms with E-state index in [1.165, 1.54) is 12.1 Å². The summed E-state index contributed by atoms with van der Waals surface area (Å²) in [4.78, 5) is 0. The predicted molar refractivity (Wildman–Crippen MR) is 85.0 cm³/mol. The third-order valence-corrected chi connectivity index (χ3v) is 3.40. The lowest BCUT2D eigenvalue weighted by molar-refractivity contribution is 0.431. The van der Waals surface area contributed by atoms with E-state index < -0.39 is 5.82 Å². The highest BCUT2D eigenvalue weighted by Crippen LogP contribution is 2.42. The molecule has 0 saturated heterocycles. The molecule has 3 aromatic carbocycles. The average molecular weight is 315 g/mol. The molecule has 22 heavy (non-hydrogen) atoms. The van der Waals surface area contributed by atoms with Crippen molar-refractivity contribution in [3.63, 3.8) is 0 Å². The summed E-state index contributed by atoms with van der Waals surface area (Å²) in [5.41, 5.74) is 0.849. The zero-order valence-electron chi connectivity index (χ0n) is 11.5. The summed E-state index contributed by atoms with van der Waals surface area (Å²) < 4.78 is 19.9. The molecule has 0 heterocycles. The molecule has 0 aromatic heterocycles. The van der Waals surface area contributed by atoms with Gasteiger partial charge in [0.2, 0.25) is 0 Å². The molecule has 0 aliphatic heterocycles. The van der Waals surface area contributed by atoms with Gasteiger partial charge in [0.15, 0.2) is 11.6 Å². The average Bonchev–Trinajstić information content (AvgIpc) is 2.52. The van der Waals surface area contributed by atoms with E-state index in [0.717, 1.165) is 0 Å². The Morgan fingerprint density at radius 1 is 0.909 bits per heavy atom. The van der Waals surface area contributed by atoms with Crippen LogP contribution >= 0.6 is 11.6 Å². The van der Waals surface area contributed by atoms with Gasteiger partial charge < -0.3 is 9.84 Å². The van der Waals surface area contributed by atoms with E-state index >= 15 is 0 Å². The first-order valence-corrected chi connectivity index (χ1v) is 7.03. The summed E-state index contributed by atoms with van der Waals surface area (Å²) in [6, 6.07) is 18.1. The van der Waals surface area contributed by atoms with Gasteiger partial charge in [0.25, 0.3) is 0 Å². The summed E-state index contributed by atoms with van der Waals surface area (Å²) in [5, 5.41) is 10.6. The molecule has 0 bridgehead atoms. The zero-order valence-corrected chi connectivity index (χ0v) is 12.2. The standard InChI is InChI=1S/C18H12ClFO2/c19-13-6-4-5-12(11-13)17-16(21)10-9-15(20)18(17)22-14-7-2-1-3-8-14/h1-11,21H. The monoisotopic (exact) mass is 314 g/mol. The Bertz CT molecular complexity index is 803. The van der Waals surface area contributed by atoms with Crippen molar-refractivity contribution < 1.29 is 14.2 Å². The van der Waals surface area contributed by atoms with Crippen LogP contribution in [-0.4, -0.2) is 5.11 Å². The third-order valence-electron chi connectivity index (χ3n) is 3.16. The molecule has 0 aliphatic rings. The number of phenols is 1. The second-order valence-corrected chi connectivity index (χ2v) is 5.13. The van der Waals surface area contributed by atoms with Crippen LogP contribution in [0.15, 0.2) is 66.7 Å². The molecule has 0 amide bonds. The molecular weight excluding hydrogens is 303 g/mol. The minimum absolute atomic E-state index is 0.0338. The third kappa shape index (κ3) is 2.90.